The van der Waals surface area contributed by atoms with Crippen LogP contribution in [0, 0.1) is 10.1 Å². The van der Waals surface area contributed by atoms with Crippen molar-refractivity contribution in [3.8, 4) is 0 Å². The number of benzene rings is 1. The third-order valence-corrected chi connectivity index (χ3v) is 1.90. The molecule has 1 aromatic carbocycles. The number of nitro groups is 1. The van der Waals surface area contributed by atoms with E-state index in [4.69, 9.17) is 0 Å². The minimum atomic E-state index is -0.841. The lowest BCUT2D eigenvalue weighted by molar-refractivity contribution is -0.384. The second-order valence-corrected chi connectivity index (χ2v) is 3.42. The predicted octanol–water partition coefficient (Wildman–Crippen LogP) is 0.468. The van der Waals surface area contributed by atoms with Gasteiger partial charge >= 0.3 is 0 Å². The minimum Gasteiger partial charge on any atom is -0.292 e. The van der Waals surface area contributed by atoms with Crippen molar-refractivity contribution in [2.24, 2.45) is 4.99 Å². The first-order valence-electron chi connectivity index (χ1n) is 5.04. The normalized spacial score (nSPS) is 10.2. The molecule has 0 saturated carbocycles. The van der Waals surface area contributed by atoms with Crippen molar-refractivity contribution in [3.63, 3.8) is 0 Å². The maximum Gasteiger partial charge on any atom is 0.277 e. The van der Waals surface area contributed by atoms with E-state index in [0.29, 0.717) is 6.21 Å². The predicted molar refractivity (Wildman–Crippen MR) is 64.7 cm³/mol. The van der Waals surface area contributed by atoms with Crippen molar-refractivity contribution < 1.29 is 19.3 Å². The first kappa shape index (κ1) is 14.2. The fourth-order valence-electron chi connectivity index (χ4n) is 1.15. The van der Waals surface area contributed by atoms with Gasteiger partial charge in [0.25, 0.3) is 17.5 Å². The Morgan fingerprint density at radius 3 is 2.63 bits per heavy atom. The first-order chi connectivity index (χ1) is 8.90. The van der Waals surface area contributed by atoms with Crippen LogP contribution in [0.2, 0.25) is 0 Å². The molecule has 0 atom stereocenters. The number of non-ortho nitro benzene ring substituents is 1. The molecule has 19 heavy (non-hydrogen) atoms. The second kappa shape index (κ2) is 6.15. The number of nitrogens with zero attached hydrogens (tertiary/aromatic N) is 2. The largest absolute Gasteiger partial charge is 0.292 e. The van der Waals surface area contributed by atoms with Crippen LogP contribution in [0.3, 0.4) is 0 Å². The van der Waals surface area contributed by atoms with Crippen LogP contribution in [-0.4, -0.2) is 28.9 Å². The Balaban J connectivity index is 2.81. The van der Waals surface area contributed by atoms with Gasteiger partial charge in [0, 0.05) is 24.6 Å². The van der Waals surface area contributed by atoms with Gasteiger partial charge in [0.15, 0.2) is 0 Å². The van der Waals surface area contributed by atoms with Gasteiger partial charge in [-0.15, -0.1) is 0 Å². The fourth-order valence-corrected chi connectivity index (χ4v) is 1.15. The number of nitro benzene ring substituents is 1. The standard InChI is InChI=1S/C11H9N3O5/c1-7(15)13-10(16)6-12-11(17)8-3-2-4-9(5-8)14(18)19/h2-6H,1H3,(H,13,15,16). The number of carbonyl (C=O) groups excluding carboxylic acids is 3. The zero-order valence-electron chi connectivity index (χ0n) is 9.82. The van der Waals surface area contributed by atoms with E-state index < -0.39 is 22.6 Å². The molecule has 3 amide bonds. The Kier molecular flexibility index (Phi) is 4.58. The third-order valence-electron chi connectivity index (χ3n) is 1.90. The van der Waals surface area contributed by atoms with Crippen LogP contribution in [-0.2, 0) is 9.59 Å². The molecule has 0 aliphatic heterocycles. The van der Waals surface area contributed by atoms with Gasteiger partial charge in [-0.1, -0.05) is 6.07 Å². The monoisotopic (exact) mass is 263 g/mol. The summed E-state index contributed by atoms with van der Waals surface area (Å²) in [6.07, 6.45) is 0.641. The highest BCUT2D eigenvalue weighted by atomic mass is 16.6. The average molecular weight is 263 g/mol. The maximum atomic E-state index is 11.5. The smallest absolute Gasteiger partial charge is 0.277 e. The lowest BCUT2D eigenvalue weighted by Crippen LogP contribution is -2.28. The highest BCUT2D eigenvalue weighted by Crippen LogP contribution is 2.13. The molecule has 0 saturated heterocycles. The third kappa shape index (κ3) is 4.46. The van der Waals surface area contributed by atoms with E-state index in [-0.39, 0.29) is 11.3 Å². The summed E-state index contributed by atoms with van der Waals surface area (Å²) in [5.74, 6) is -2.24. The summed E-state index contributed by atoms with van der Waals surface area (Å²) >= 11 is 0. The van der Waals surface area contributed by atoms with E-state index >= 15 is 0 Å². The van der Waals surface area contributed by atoms with E-state index in [1.165, 1.54) is 18.2 Å². The second-order valence-electron chi connectivity index (χ2n) is 3.42. The molecule has 0 aromatic heterocycles. The van der Waals surface area contributed by atoms with Gasteiger partial charge in [-0.3, -0.25) is 29.8 Å². The van der Waals surface area contributed by atoms with Crippen molar-refractivity contribution in [2.75, 3.05) is 0 Å². The number of nitrogens with one attached hydrogen (secondary N) is 1. The van der Waals surface area contributed by atoms with Gasteiger partial charge in [0.1, 0.15) is 0 Å². The zero-order valence-corrected chi connectivity index (χ0v) is 9.82. The number of aliphatic imine (C=N–C) groups is 1. The molecular weight excluding hydrogens is 254 g/mol. The van der Waals surface area contributed by atoms with Crippen molar-refractivity contribution >= 4 is 29.6 Å². The Labute approximate surface area is 107 Å². The van der Waals surface area contributed by atoms with Crippen molar-refractivity contribution in [2.45, 2.75) is 6.92 Å². The number of rotatable bonds is 3. The van der Waals surface area contributed by atoms with Crippen LogP contribution in [0.25, 0.3) is 0 Å². The van der Waals surface area contributed by atoms with Crippen LogP contribution in [0.1, 0.15) is 17.3 Å². The van der Waals surface area contributed by atoms with Crippen LogP contribution < -0.4 is 5.32 Å². The number of carbonyl (C=O) groups is 3. The molecule has 98 valence electrons. The number of hydrogen-bond acceptors (Lipinski definition) is 5. The summed E-state index contributed by atoms with van der Waals surface area (Å²) in [5, 5.41) is 12.4. The number of amides is 3. The van der Waals surface area contributed by atoms with Gasteiger partial charge in [-0.05, 0) is 6.07 Å². The molecule has 0 unspecified atom stereocenters. The summed E-state index contributed by atoms with van der Waals surface area (Å²) in [6.45, 7) is 1.13. The summed E-state index contributed by atoms with van der Waals surface area (Å²) in [7, 11) is 0. The molecule has 1 N–H and O–H groups in total. The molecule has 8 nitrogen and oxygen atoms in total. The summed E-state index contributed by atoms with van der Waals surface area (Å²) < 4.78 is 0. The van der Waals surface area contributed by atoms with Crippen LogP contribution >= 0.6 is 0 Å². The first-order valence-corrected chi connectivity index (χ1v) is 5.04. The molecule has 1 aromatic rings. The van der Waals surface area contributed by atoms with E-state index in [1.54, 1.807) is 0 Å². The molecule has 0 heterocycles. The fraction of sp³-hybridized carbons (Fsp3) is 0.0909. The van der Waals surface area contributed by atoms with Crippen molar-refractivity contribution in [1.82, 2.24) is 5.32 Å². The SMILES string of the molecule is CC(=O)NC(=O)C=NC(=O)c1cccc([N+](=O)[O-])c1. The van der Waals surface area contributed by atoms with Gasteiger partial charge in [0.05, 0.1) is 11.1 Å². The highest BCUT2D eigenvalue weighted by Gasteiger charge is 2.10. The minimum absolute atomic E-state index is 0.0268. The van der Waals surface area contributed by atoms with Crippen LogP contribution in [0.4, 0.5) is 5.69 Å². The van der Waals surface area contributed by atoms with Crippen LogP contribution in [0.5, 0.6) is 0 Å². The quantitative estimate of drug-likeness (QED) is 0.483. The Morgan fingerprint density at radius 2 is 2.05 bits per heavy atom. The topological polar surface area (TPSA) is 119 Å². The molecule has 8 heteroatoms. The number of hydrogen-bond donors (Lipinski definition) is 1. The Hall–Kier alpha value is -2.90. The molecule has 0 aliphatic carbocycles. The molecule has 0 fully saturated rings. The molecule has 0 radical (unpaired) electrons. The van der Waals surface area contributed by atoms with E-state index in [2.05, 4.69) is 4.99 Å². The summed E-state index contributed by atoms with van der Waals surface area (Å²) in [5.41, 5.74) is -0.282. The highest BCUT2D eigenvalue weighted by molar-refractivity contribution is 6.31. The zero-order chi connectivity index (χ0) is 14.4. The molecule has 1 rings (SSSR count). The van der Waals surface area contributed by atoms with Crippen molar-refractivity contribution in [1.29, 1.82) is 0 Å². The maximum absolute atomic E-state index is 11.5. The molecular formula is C11H9N3O5. The van der Waals surface area contributed by atoms with Crippen molar-refractivity contribution in [3.05, 3.63) is 39.9 Å². The van der Waals surface area contributed by atoms with Gasteiger partial charge in [-0.25, -0.2) is 4.99 Å². The van der Waals surface area contributed by atoms with E-state index in [9.17, 15) is 24.5 Å². The van der Waals surface area contributed by atoms with E-state index in [1.807, 2.05) is 5.32 Å². The lowest BCUT2D eigenvalue weighted by Gasteiger charge is -1.96. The lowest BCUT2D eigenvalue weighted by atomic mass is 10.2. The van der Waals surface area contributed by atoms with Gasteiger partial charge in [0.2, 0.25) is 5.91 Å². The Morgan fingerprint density at radius 1 is 1.37 bits per heavy atom. The van der Waals surface area contributed by atoms with E-state index in [0.717, 1.165) is 13.0 Å². The molecule has 0 aliphatic rings. The summed E-state index contributed by atoms with van der Waals surface area (Å²) in [6, 6.07) is 4.93. The molecule has 0 bridgehead atoms. The van der Waals surface area contributed by atoms with Gasteiger partial charge < -0.3 is 0 Å². The average Bonchev–Trinajstić information content (AvgIpc) is 2.35. The molecule has 0 spiro atoms. The van der Waals surface area contributed by atoms with Gasteiger partial charge in [-0.2, -0.15) is 0 Å². The summed E-state index contributed by atoms with van der Waals surface area (Å²) in [4.78, 5) is 46.2. The number of imide groups is 1. The Bertz CT molecular complexity index is 579. The van der Waals surface area contributed by atoms with Crippen LogP contribution in [0.15, 0.2) is 29.3 Å².